The van der Waals surface area contributed by atoms with Crippen molar-refractivity contribution in [3.8, 4) is 11.4 Å². The first-order valence-corrected chi connectivity index (χ1v) is 6.49. The Labute approximate surface area is 111 Å². The van der Waals surface area contributed by atoms with Gasteiger partial charge in [-0.1, -0.05) is 11.6 Å². The van der Waals surface area contributed by atoms with E-state index in [9.17, 15) is 0 Å². The molecule has 0 bridgehead atoms. The zero-order valence-corrected chi connectivity index (χ0v) is 11.0. The molecule has 0 aliphatic heterocycles. The molecule has 3 rings (SSSR count). The molecule has 1 aromatic carbocycles. The van der Waals surface area contributed by atoms with Crippen LogP contribution < -0.4 is 5.73 Å². The van der Waals surface area contributed by atoms with Crippen LogP contribution in [-0.2, 0) is 6.54 Å². The summed E-state index contributed by atoms with van der Waals surface area (Å²) in [4.78, 5) is 0. The third kappa shape index (κ3) is 1.91. The molecular weight excluding hydrogens is 248 g/mol. The maximum Gasteiger partial charge on any atom is 0.164 e. The van der Waals surface area contributed by atoms with Gasteiger partial charge >= 0.3 is 0 Å². The van der Waals surface area contributed by atoms with E-state index in [4.69, 9.17) is 17.3 Å². The molecule has 94 valence electrons. The van der Waals surface area contributed by atoms with Crippen molar-refractivity contribution in [2.24, 2.45) is 5.73 Å². The van der Waals surface area contributed by atoms with Gasteiger partial charge in [-0.3, -0.25) is 0 Å². The van der Waals surface area contributed by atoms with Crippen LogP contribution in [0.3, 0.4) is 0 Å². The summed E-state index contributed by atoms with van der Waals surface area (Å²) in [6, 6.07) is 6.35. The Kier molecular flexibility index (Phi) is 2.84. The fourth-order valence-corrected chi connectivity index (χ4v) is 2.47. The number of nitrogens with zero attached hydrogens (tertiary/aromatic N) is 3. The highest BCUT2D eigenvalue weighted by Crippen LogP contribution is 2.39. The van der Waals surface area contributed by atoms with Crippen molar-refractivity contribution in [3.05, 3.63) is 34.6 Å². The van der Waals surface area contributed by atoms with Gasteiger partial charge in [0.15, 0.2) is 5.82 Å². The van der Waals surface area contributed by atoms with Crippen molar-refractivity contribution in [1.29, 1.82) is 0 Å². The average Bonchev–Trinajstić information content (AvgIpc) is 3.09. The Morgan fingerprint density at radius 3 is 2.78 bits per heavy atom. The number of benzene rings is 1. The van der Waals surface area contributed by atoms with Gasteiger partial charge in [0, 0.05) is 16.6 Å². The molecule has 1 heterocycles. The zero-order valence-electron chi connectivity index (χ0n) is 10.2. The molecule has 4 nitrogen and oxygen atoms in total. The second-order valence-electron chi connectivity index (χ2n) is 4.70. The number of aromatic nitrogens is 3. The fraction of sp³-hybridized carbons (Fsp3) is 0.385. The first-order chi connectivity index (χ1) is 8.70. The van der Waals surface area contributed by atoms with E-state index in [1.165, 1.54) is 12.8 Å². The first kappa shape index (κ1) is 11.7. The Balaban J connectivity index is 2.13. The number of aryl methyl sites for hydroxylation is 1. The topological polar surface area (TPSA) is 56.7 Å². The van der Waals surface area contributed by atoms with Gasteiger partial charge in [-0.05, 0) is 43.5 Å². The Bertz CT molecular complexity index is 587. The van der Waals surface area contributed by atoms with Crippen LogP contribution in [0.15, 0.2) is 18.2 Å². The van der Waals surface area contributed by atoms with Gasteiger partial charge in [0.05, 0.1) is 6.54 Å². The number of rotatable bonds is 3. The molecular formula is C13H15ClN4. The van der Waals surface area contributed by atoms with Crippen LogP contribution in [-0.4, -0.2) is 14.8 Å². The highest BCUT2D eigenvalue weighted by molar-refractivity contribution is 6.30. The van der Waals surface area contributed by atoms with Crippen LogP contribution in [0, 0.1) is 6.92 Å². The van der Waals surface area contributed by atoms with Crippen LogP contribution >= 0.6 is 11.6 Å². The number of nitrogens with two attached hydrogens (primary N) is 1. The van der Waals surface area contributed by atoms with Crippen LogP contribution in [0.2, 0.25) is 5.02 Å². The molecule has 1 aliphatic rings. The highest BCUT2D eigenvalue weighted by Gasteiger charge is 2.29. The van der Waals surface area contributed by atoms with Gasteiger partial charge in [0.2, 0.25) is 0 Å². The molecule has 1 aliphatic carbocycles. The molecule has 1 saturated carbocycles. The summed E-state index contributed by atoms with van der Waals surface area (Å²) in [5.74, 6) is 1.77. The molecule has 0 saturated heterocycles. The zero-order chi connectivity index (χ0) is 12.7. The summed E-state index contributed by atoms with van der Waals surface area (Å²) < 4.78 is 2.18. The fourth-order valence-electron chi connectivity index (χ4n) is 2.24. The van der Waals surface area contributed by atoms with Crippen molar-refractivity contribution >= 4 is 11.6 Å². The van der Waals surface area contributed by atoms with Crippen molar-refractivity contribution in [2.45, 2.75) is 32.4 Å². The molecule has 2 N–H and O–H groups in total. The van der Waals surface area contributed by atoms with Crippen molar-refractivity contribution in [1.82, 2.24) is 14.8 Å². The van der Waals surface area contributed by atoms with Crippen molar-refractivity contribution in [3.63, 3.8) is 0 Å². The summed E-state index contributed by atoms with van der Waals surface area (Å²) >= 11 is 5.99. The lowest BCUT2D eigenvalue weighted by atomic mass is 10.1. The minimum Gasteiger partial charge on any atom is -0.324 e. The summed E-state index contributed by atoms with van der Waals surface area (Å²) in [5.41, 5.74) is 7.92. The predicted octanol–water partition coefficient (Wildman–Crippen LogP) is 2.70. The van der Waals surface area contributed by atoms with Crippen LogP contribution in [0.1, 0.15) is 30.3 Å². The Morgan fingerprint density at radius 1 is 1.39 bits per heavy atom. The van der Waals surface area contributed by atoms with E-state index in [0.717, 1.165) is 27.8 Å². The molecule has 0 spiro atoms. The summed E-state index contributed by atoms with van der Waals surface area (Å²) in [6.45, 7) is 2.46. The summed E-state index contributed by atoms with van der Waals surface area (Å²) in [7, 11) is 0. The van der Waals surface area contributed by atoms with Gasteiger partial charge in [-0.2, -0.15) is 0 Å². The summed E-state index contributed by atoms with van der Waals surface area (Å²) in [6.07, 6.45) is 2.37. The van der Waals surface area contributed by atoms with Gasteiger partial charge in [-0.25, -0.2) is 0 Å². The monoisotopic (exact) mass is 262 g/mol. The molecule has 0 radical (unpaired) electrons. The number of hydrogen-bond acceptors (Lipinski definition) is 3. The Morgan fingerprint density at radius 2 is 2.17 bits per heavy atom. The van der Waals surface area contributed by atoms with E-state index in [1.807, 2.05) is 25.1 Å². The maximum atomic E-state index is 5.99. The minimum atomic E-state index is 0.427. The summed E-state index contributed by atoms with van der Waals surface area (Å²) in [5, 5.41) is 9.23. The normalized spacial score (nSPS) is 15.1. The quantitative estimate of drug-likeness (QED) is 0.925. The third-order valence-corrected chi connectivity index (χ3v) is 3.53. The van der Waals surface area contributed by atoms with Crippen LogP contribution in [0.25, 0.3) is 11.4 Å². The SMILES string of the molecule is Cc1cc(Cl)ccc1-c1nnc(CN)n1C1CC1. The van der Waals surface area contributed by atoms with Gasteiger partial charge < -0.3 is 10.3 Å². The van der Waals surface area contributed by atoms with Gasteiger partial charge in [-0.15, -0.1) is 10.2 Å². The average molecular weight is 263 g/mol. The van der Waals surface area contributed by atoms with Gasteiger partial charge in [0.25, 0.3) is 0 Å². The second-order valence-corrected chi connectivity index (χ2v) is 5.14. The lowest BCUT2D eigenvalue weighted by molar-refractivity contribution is 0.687. The highest BCUT2D eigenvalue weighted by atomic mass is 35.5. The molecule has 0 amide bonds. The van der Waals surface area contributed by atoms with E-state index < -0.39 is 0 Å². The minimum absolute atomic E-state index is 0.427. The molecule has 2 aromatic rings. The molecule has 0 atom stereocenters. The van der Waals surface area contributed by atoms with E-state index >= 15 is 0 Å². The maximum absolute atomic E-state index is 5.99. The Hall–Kier alpha value is -1.39. The van der Waals surface area contributed by atoms with E-state index in [-0.39, 0.29) is 0 Å². The predicted molar refractivity (Wildman–Crippen MR) is 71.4 cm³/mol. The molecule has 1 fully saturated rings. The third-order valence-electron chi connectivity index (χ3n) is 3.29. The standard InChI is InChI=1S/C13H15ClN4/c1-8-6-9(14)2-5-11(8)13-17-16-12(7-15)18(13)10-3-4-10/h2,5-6,10H,3-4,7,15H2,1H3. The molecule has 1 aromatic heterocycles. The lowest BCUT2D eigenvalue weighted by Gasteiger charge is -2.10. The molecule has 5 heteroatoms. The lowest BCUT2D eigenvalue weighted by Crippen LogP contribution is -2.08. The smallest absolute Gasteiger partial charge is 0.164 e. The van der Waals surface area contributed by atoms with E-state index in [0.29, 0.717) is 12.6 Å². The number of hydrogen-bond donors (Lipinski definition) is 1. The second kappa shape index (κ2) is 4.37. The van der Waals surface area contributed by atoms with Crippen LogP contribution in [0.5, 0.6) is 0 Å². The van der Waals surface area contributed by atoms with Crippen LogP contribution in [0.4, 0.5) is 0 Å². The largest absolute Gasteiger partial charge is 0.324 e. The first-order valence-electron chi connectivity index (χ1n) is 6.11. The van der Waals surface area contributed by atoms with Crippen molar-refractivity contribution in [2.75, 3.05) is 0 Å². The van der Waals surface area contributed by atoms with E-state index in [1.54, 1.807) is 0 Å². The van der Waals surface area contributed by atoms with Crippen molar-refractivity contribution < 1.29 is 0 Å². The number of halogens is 1. The van der Waals surface area contributed by atoms with Gasteiger partial charge in [0.1, 0.15) is 5.82 Å². The molecule has 18 heavy (non-hydrogen) atoms. The molecule has 0 unspecified atom stereocenters. The van der Waals surface area contributed by atoms with E-state index in [2.05, 4.69) is 14.8 Å².